The summed E-state index contributed by atoms with van der Waals surface area (Å²) in [5.41, 5.74) is 3.94. The maximum atomic E-state index is 14.3. The Labute approximate surface area is 257 Å². The van der Waals surface area contributed by atoms with Crippen LogP contribution in [0.15, 0.2) is 97.7 Å². The molecule has 1 aromatic heterocycles. The van der Waals surface area contributed by atoms with Gasteiger partial charge < -0.3 is 19.5 Å². The molecule has 2 saturated heterocycles. The Hall–Kier alpha value is -4.89. The molecule has 226 valence electrons. The van der Waals surface area contributed by atoms with Crippen molar-refractivity contribution in [2.24, 2.45) is 7.05 Å². The number of aryl methyl sites for hydroxylation is 2. The zero-order chi connectivity index (χ0) is 30.8. The van der Waals surface area contributed by atoms with E-state index < -0.39 is 12.2 Å². The van der Waals surface area contributed by atoms with Gasteiger partial charge in [0.1, 0.15) is 18.0 Å². The standard InChI is InChI=1S/C35H37N5O4/c1-3-19-38-24-34(43)39-31(20-26-13-16-28(41)17-14-26)35(44)37(22-27-21-36(2)30-12-8-7-11-29(27)30)23-32(39)40(38)33(42)18-15-25-9-5-4-6-10-25/h3-14,16-17,21,31-32,41H,1,15,18-20,22-24H2,2H3/t31-,32-/m0/s1. The van der Waals surface area contributed by atoms with Crippen molar-refractivity contribution in [3.05, 3.63) is 114 Å². The Kier molecular flexibility index (Phi) is 8.21. The molecule has 44 heavy (non-hydrogen) atoms. The van der Waals surface area contributed by atoms with E-state index in [2.05, 4.69) is 17.2 Å². The van der Waals surface area contributed by atoms with Gasteiger partial charge in [0.05, 0.1) is 13.1 Å². The van der Waals surface area contributed by atoms with Gasteiger partial charge in [0.25, 0.3) is 0 Å². The first-order valence-corrected chi connectivity index (χ1v) is 15.0. The van der Waals surface area contributed by atoms with E-state index in [1.54, 1.807) is 50.2 Å². The summed E-state index contributed by atoms with van der Waals surface area (Å²) in [6.07, 6.45) is 4.15. The minimum atomic E-state index is -0.809. The van der Waals surface area contributed by atoms with Gasteiger partial charge in [-0.1, -0.05) is 66.7 Å². The molecule has 4 aromatic rings. The van der Waals surface area contributed by atoms with E-state index in [4.69, 9.17) is 0 Å². The van der Waals surface area contributed by atoms with Gasteiger partial charge in [-0.25, -0.2) is 10.0 Å². The minimum Gasteiger partial charge on any atom is -0.508 e. The number of fused-ring (bicyclic) bond motifs is 2. The summed E-state index contributed by atoms with van der Waals surface area (Å²) >= 11 is 0. The molecular weight excluding hydrogens is 554 g/mol. The third-order valence-electron chi connectivity index (χ3n) is 8.60. The summed E-state index contributed by atoms with van der Waals surface area (Å²) < 4.78 is 2.05. The molecule has 3 amide bonds. The maximum absolute atomic E-state index is 14.3. The molecule has 3 aromatic carbocycles. The van der Waals surface area contributed by atoms with Gasteiger partial charge in [-0.3, -0.25) is 14.4 Å². The lowest BCUT2D eigenvalue weighted by Crippen LogP contribution is -2.75. The largest absolute Gasteiger partial charge is 0.508 e. The number of benzene rings is 3. The lowest BCUT2D eigenvalue weighted by Gasteiger charge is -2.55. The van der Waals surface area contributed by atoms with Crippen molar-refractivity contribution < 1.29 is 19.5 Å². The van der Waals surface area contributed by atoms with Gasteiger partial charge in [-0.2, -0.15) is 0 Å². The normalized spacial score (nSPS) is 19.0. The van der Waals surface area contributed by atoms with Crippen molar-refractivity contribution in [2.45, 2.75) is 38.0 Å². The molecule has 2 aliphatic heterocycles. The summed E-state index contributed by atoms with van der Waals surface area (Å²) in [7, 11) is 1.99. The van der Waals surface area contributed by atoms with Crippen LogP contribution in [0.25, 0.3) is 10.9 Å². The molecule has 2 fully saturated rings. The molecule has 6 rings (SSSR count). The van der Waals surface area contributed by atoms with Gasteiger partial charge in [0, 0.05) is 50.1 Å². The minimum absolute atomic E-state index is 0.0255. The zero-order valence-corrected chi connectivity index (χ0v) is 24.9. The molecule has 0 radical (unpaired) electrons. The van der Waals surface area contributed by atoms with Crippen molar-refractivity contribution in [3.8, 4) is 5.75 Å². The van der Waals surface area contributed by atoms with E-state index in [-0.39, 0.29) is 49.4 Å². The van der Waals surface area contributed by atoms with Crippen LogP contribution in [0.4, 0.5) is 0 Å². The highest BCUT2D eigenvalue weighted by Gasteiger charge is 2.51. The second-order valence-corrected chi connectivity index (χ2v) is 11.5. The summed E-state index contributed by atoms with van der Waals surface area (Å²) in [5, 5.41) is 14.4. The molecule has 0 saturated carbocycles. The first-order chi connectivity index (χ1) is 21.3. The predicted octanol–water partition coefficient (Wildman–Crippen LogP) is 3.87. The van der Waals surface area contributed by atoms with E-state index in [0.717, 1.165) is 27.6 Å². The first-order valence-electron chi connectivity index (χ1n) is 15.0. The number of amides is 3. The van der Waals surface area contributed by atoms with Crippen LogP contribution in [0, 0.1) is 0 Å². The van der Waals surface area contributed by atoms with Gasteiger partial charge in [-0.05, 0) is 41.3 Å². The quantitative estimate of drug-likeness (QED) is 0.299. The number of piperazine rings is 1. The van der Waals surface area contributed by atoms with Crippen LogP contribution in [-0.4, -0.2) is 79.1 Å². The van der Waals surface area contributed by atoms with E-state index >= 15 is 0 Å². The predicted molar refractivity (Wildman–Crippen MR) is 168 cm³/mol. The fraction of sp³-hybridized carbons (Fsp3) is 0.286. The Morgan fingerprint density at radius 3 is 2.45 bits per heavy atom. The number of carbonyl (C=O) groups excluding carboxylic acids is 3. The summed E-state index contributed by atoms with van der Waals surface area (Å²) in [6, 6.07) is 23.8. The number of aromatic hydroxyl groups is 1. The van der Waals surface area contributed by atoms with Crippen LogP contribution < -0.4 is 0 Å². The number of aromatic nitrogens is 1. The number of rotatable bonds is 9. The van der Waals surface area contributed by atoms with Crippen LogP contribution in [0.3, 0.4) is 0 Å². The SMILES string of the molecule is C=CCN1CC(=O)N2[C@@H](Cc3ccc(O)cc3)C(=O)N(Cc3cn(C)c4ccccc34)C[C@@H]2N1C(=O)CCc1ccccc1. The molecule has 0 spiro atoms. The fourth-order valence-corrected chi connectivity index (χ4v) is 6.53. The van der Waals surface area contributed by atoms with Gasteiger partial charge >= 0.3 is 0 Å². The van der Waals surface area contributed by atoms with Gasteiger partial charge in [0.15, 0.2) is 0 Å². The Balaban J connectivity index is 1.37. The lowest BCUT2D eigenvalue weighted by molar-refractivity contribution is -0.205. The van der Waals surface area contributed by atoms with E-state index in [1.165, 1.54) is 0 Å². The average Bonchev–Trinajstić information content (AvgIpc) is 3.34. The van der Waals surface area contributed by atoms with Gasteiger partial charge in [-0.15, -0.1) is 6.58 Å². The number of hydrogen-bond acceptors (Lipinski definition) is 5. The number of phenols is 1. The first kappa shape index (κ1) is 29.2. The highest BCUT2D eigenvalue weighted by Crippen LogP contribution is 2.31. The third-order valence-corrected chi connectivity index (χ3v) is 8.60. The van der Waals surface area contributed by atoms with E-state index in [9.17, 15) is 19.5 Å². The fourth-order valence-electron chi connectivity index (χ4n) is 6.53. The highest BCUT2D eigenvalue weighted by atomic mass is 16.3. The topological polar surface area (TPSA) is 89.3 Å². The smallest absolute Gasteiger partial charge is 0.246 e. The Bertz CT molecular complexity index is 1680. The van der Waals surface area contributed by atoms with Gasteiger partial charge in [0.2, 0.25) is 17.7 Å². The molecule has 0 aliphatic carbocycles. The molecule has 0 unspecified atom stereocenters. The molecular formula is C35H37N5O4. The molecule has 0 bridgehead atoms. The van der Waals surface area contributed by atoms with E-state index in [0.29, 0.717) is 19.5 Å². The third kappa shape index (κ3) is 5.70. The Morgan fingerprint density at radius 2 is 1.70 bits per heavy atom. The number of phenolic OH excluding ortho intramolecular Hbond substituents is 1. The van der Waals surface area contributed by atoms with Crippen molar-refractivity contribution >= 4 is 28.6 Å². The molecule has 3 heterocycles. The molecule has 2 atom stereocenters. The van der Waals surface area contributed by atoms with Crippen LogP contribution in [0.2, 0.25) is 0 Å². The van der Waals surface area contributed by atoms with Crippen molar-refractivity contribution in [2.75, 3.05) is 19.6 Å². The molecule has 9 nitrogen and oxygen atoms in total. The van der Waals surface area contributed by atoms with Crippen LogP contribution in [0.5, 0.6) is 5.75 Å². The zero-order valence-electron chi connectivity index (χ0n) is 24.9. The van der Waals surface area contributed by atoms with E-state index in [1.807, 2.05) is 61.8 Å². The molecule has 9 heteroatoms. The number of hydrogen-bond donors (Lipinski definition) is 1. The number of para-hydroxylation sites is 1. The highest BCUT2D eigenvalue weighted by molar-refractivity contribution is 5.92. The average molecular weight is 592 g/mol. The summed E-state index contributed by atoms with van der Waals surface area (Å²) in [5.74, 6) is -0.347. The van der Waals surface area contributed by atoms with Crippen LogP contribution in [0.1, 0.15) is 23.1 Å². The summed E-state index contributed by atoms with van der Waals surface area (Å²) in [4.78, 5) is 45.5. The second-order valence-electron chi connectivity index (χ2n) is 11.5. The second kappa shape index (κ2) is 12.4. The summed E-state index contributed by atoms with van der Waals surface area (Å²) in [6.45, 7) is 4.70. The van der Waals surface area contributed by atoms with Crippen molar-refractivity contribution in [1.29, 1.82) is 0 Å². The Morgan fingerprint density at radius 1 is 0.977 bits per heavy atom. The maximum Gasteiger partial charge on any atom is 0.246 e. The lowest BCUT2D eigenvalue weighted by atomic mass is 9.98. The van der Waals surface area contributed by atoms with Crippen molar-refractivity contribution in [3.63, 3.8) is 0 Å². The number of carbonyl (C=O) groups is 3. The van der Waals surface area contributed by atoms with Crippen LogP contribution >= 0.6 is 0 Å². The van der Waals surface area contributed by atoms with Crippen molar-refractivity contribution in [1.82, 2.24) is 24.4 Å². The number of nitrogens with zero attached hydrogens (tertiary/aromatic N) is 5. The molecule has 2 aliphatic rings. The van der Waals surface area contributed by atoms with Crippen LogP contribution in [-0.2, 0) is 40.8 Å². The monoisotopic (exact) mass is 591 g/mol. The molecule has 1 N–H and O–H groups in total. The number of hydrazine groups is 1.